The van der Waals surface area contributed by atoms with Gasteiger partial charge in [-0.15, -0.1) is 0 Å². The first-order chi connectivity index (χ1) is 9.15. The summed E-state index contributed by atoms with van der Waals surface area (Å²) < 4.78 is 0. The van der Waals surface area contributed by atoms with Crippen LogP contribution in [-0.2, 0) is 12.8 Å². The van der Waals surface area contributed by atoms with Crippen LogP contribution in [-0.4, -0.2) is 11.2 Å². The van der Waals surface area contributed by atoms with Crippen LogP contribution < -0.4 is 0 Å². The predicted octanol–water partition coefficient (Wildman–Crippen LogP) is 4.18. The highest BCUT2D eigenvalue weighted by Crippen LogP contribution is 2.20. The van der Waals surface area contributed by atoms with E-state index in [-0.39, 0.29) is 6.10 Å². The largest absolute Gasteiger partial charge is 0.393 e. The summed E-state index contributed by atoms with van der Waals surface area (Å²) in [5, 5.41) is 10.8. The fourth-order valence-corrected chi connectivity index (χ4v) is 2.46. The number of hydrogen-bond donors (Lipinski definition) is 1. The van der Waals surface area contributed by atoms with Crippen molar-refractivity contribution in [2.45, 2.75) is 32.3 Å². The summed E-state index contributed by atoms with van der Waals surface area (Å²) in [6, 6.07) is 16.2. The standard InChI is InChI=1S/C17H19ClO/c1-13-7-9-15(17(18)11-13)12-16(19)10-8-14-5-3-2-4-6-14/h2-7,9,11,16,19H,8,10,12H2,1H3. The molecule has 0 aliphatic rings. The van der Waals surface area contributed by atoms with E-state index in [4.69, 9.17) is 11.6 Å². The summed E-state index contributed by atoms with van der Waals surface area (Å²) >= 11 is 6.18. The van der Waals surface area contributed by atoms with Crippen LogP contribution in [0.5, 0.6) is 0 Å². The Balaban J connectivity index is 1.89. The first-order valence-corrected chi connectivity index (χ1v) is 7.00. The van der Waals surface area contributed by atoms with E-state index in [1.54, 1.807) is 0 Å². The van der Waals surface area contributed by atoms with E-state index in [0.29, 0.717) is 6.42 Å². The maximum Gasteiger partial charge on any atom is 0.0584 e. The monoisotopic (exact) mass is 274 g/mol. The lowest BCUT2D eigenvalue weighted by Crippen LogP contribution is -2.12. The van der Waals surface area contributed by atoms with Crippen LogP contribution >= 0.6 is 11.6 Å². The van der Waals surface area contributed by atoms with Gasteiger partial charge < -0.3 is 5.11 Å². The molecule has 0 spiro atoms. The van der Waals surface area contributed by atoms with Crippen molar-refractivity contribution in [2.24, 2.45) is 0 Å². The highest BCUT2D eigenvalue weighted by Gasteiger charge is 2.09. The molecule has 2 aromatic carbocycles. The minimum absolute atomic E-state index is 0.347. The van der Waals surface area contributed by atoms with Crippen LogP contribution in [0, 0.1) is 6.92 Å². The van der Waals surface area contributed by atoms with Crippen molar-refractivity contribution in [3.8, 4) is 0 Å². The van der Waals surface area contributed by atoms with Crippen molar-refractivity contribution in [1.82, 2.24) is 0 Å². The van der Waals surface area contributed by atoms with Crippen LogP contribution in [0.1, 0.15) is 23.1 Å². The number of aliphatic hydroxyl groups is 1. The Bertz CT molecular complexity index is 522. The van der Waals surface area contributed by atoms with E-state index in [9.17, 15) is 5.11 Å². The Morgan fingerprint density at radius 1 is 1.11 bits per heavy atom. The van der Waals surface area contributed by atoms with Crippen LogP contribution in [0.2, 0.25) is 5.02 Å². The van der Waals surface area contributed by atoms with Crippen molar-refractivity contribution >= 4 is 11.6 Å². The number of benzene rings is 2. The fourth-order valence-electron chi connectivity index (χ4n) is 2.15. The maximum atomic E-state index is 10.1. The molecule has 2 heteroatoms. The molecule has 0 saturated carbocycles. The Kier molecular flexibility index (Phi) is 5.00. The van der Waals surface area contributed by atoms with Gasteiger partial charge in [0.05, 0.1) is 6.10 Å². The van der Waals surface area contributed by atoms with E-state index < -0.39 is 0 Å². The van der Waals surface area contributed by atoms with Gasteiger partial charge in [0.15, 0.2) is 0 Å². The topological polar surface area (TPSA) is 20.2 Å². The smallest absolute Gasteiger partial charge is 0.0584 e. The van der Waals surface area contributed by atoms with E-state index in [2.05, 4.69) is 12.1 Å². The van der Waals surface area contributed by atoms with Gasteiger partial charge in [0, 0.05) is 5.02 Å². The average molecular weight is 275 g/mol. The van der Waals surface area contributed by atoms with Crippen molar-refractivity contribution in [3.05, 3.63) is 70.2 Å². The number of aryl methyl sites for hydroxylation is 2. The van der Waals surface area contributed by atoms with Gasteiger partial charge >= 0.3 is 0 Å². The minimum Gasteiger partial charge on any atom is -0.393 e. The highest BCUT2D eigenvalue weighted by molar-refractivity contribution is 6.31. The second-order valence-electron chi connectivity index (χ2n) is 4.98. The van der Waals surface area contributed by atoms with E-state index in [0.717, 1.165) is 29.0 Å². The Hall–Kier alpha value is -1.31. The molecule has 0 amide bonds. The summed E-state index contributed by atoms with van der Waals surface area (Å²) in [6.45, 7) is 2.02. The molecule has 0 aliphatic carbocycles. The van der Waals surface area contributed by atoms with Gasteiger partial charge in [0.25, 0.3) is 0 Å². The number of aliphatic hydroxyl groups excluding tert-OH is 1. The summed E-state index contributed by atoms with van der Waals surface area (Å²) in [6.07, 6.45) is 1.92. The highest BCUT2D eigenvalue weighted by atomic mass is 35.5. The predicted molar refractivity (Wildman–Crippen MR) is 80.7 cm³/mol. The second kappa shape index (κ2) is 6.74. The number of rotatable bonds is 5. The molecule has 0 aromatic heterocycles. The molecular weight excluding hydrogens is 256 g/mol. The van der Waals surface area contributed by atoms with Gasteiger partial charge in [-0.1, -0.05) is 54.1 Å². The molecule has 2 aromatic rings. The molecule has 1 unspecified atom stereocenters. The van der Waals surface area contributed by atoms with Crippen LogP contribution in [0.4, 0.5) is 0 Å². The van der Waals surface area contributed by atoms with Gasteiger partial charge in [-0.25, -0.2) is 0 Å². The first-order valence-electron chi connectivity index (χ1n) is 6.62. The lowest BCUT2D eigenvalue weighted by molar-refractivity contribution is 0.165. The number of halogens is 1. The van der Waals surface area contributed by atoms with Crippen molar-refractivity contribution in [1.29, 1.82) is 0 Å². The maximum absolute atomic E-state index is 10.1. The van der Waals surface area contributed by atoms with Gasteiger partial charge in [-0.2, -0.15) is 0 Å². The SMILES string of the molecule is Cc1ccc(CC(O)CCc2ccccc2)c(Cl)c1. The molecule has 0 aliphatic heterocycles. The average Bonchev–Trinajstić information content (AvgIpc) is 2.41. The van der Waals surface area contributed by atoms with Crippen LogP contribution in [0.25, 0.3) is 0 Å². The third-order valence-corrected chi connectivity index (χ3v) is 3.63. The third kappa shape index (κ3) is 4.38. The molecule has 1 nitrogen and oxygen atoms in total. The van der Waals surface area contributed by atoms with E-state index in [1.807, 2.05) is 43.3 Å². The quantitative estimate of drug-likeness (QED) is 0.867. The molecule has 19 heavy (non-hydrogen) atoms. The minimum atomic E-state index is -0.347. The second-order valence-corrected chi connectivity index (χ2v) is 5.38. The zero-order valence-corrected chi connectivity index (χ0v) is 11.9. The molecule has 0 bridgehead atoms. The van der Waals surface area contributed by atoms with Crippen molar-refractivity contribution in [2.75, 3.05) is 0 Å². The molecule has 2 rings (SSSR count). The molecule has 0 radical (unpaired) electrons. The van der Waals surface area contributed by atoms with Gasteiger partial charge in [0.2, 0.25) is 0 Å². The van der Waals surface area contributed by atoms with Gasteiger partial charge in [-0.3, -0.25) is 0 Å². The van der Waals surface area contributed by atoms with Crippen molar-refractivity contribution < 1.29 is 5.11 Å². The zero-order valence-electron chi connectivity index (χ0n) is 11.1. The van der Waals surface area contributed by atoms with Crippen LogP contribution in [0.3, 0.4) is 0 Å². The normalized spacial score (nSPS) is 12.4. The lowest BCUT2D eigenvalue weighted by Gasteiger charge is -2.12. The molecule has 1 atom stereocenters. The molecule has 0 heterocycles. The van der Waals surface area contributed by atoms with Crippen LogP contribution in [0.15, 0.2) is 48.5 Å². The third-order valence-electron chi connectivity index (χ3n) is 3.27. The summed E-state index contributed by atoms with van der Waals surface area (Å²) in [5.74, 6) is 0. The van der Waals surface area contributed by atoms with E-state index >= 15 is 0 Å². The fraction of sp³-hybridized carbons (Fsp3) is 0.294. The van der Waals surface area contributed by atoms with E-state index in [1.165, 1.54) is 5.56 Å². The number of hydrogen-bond acceptors (Lipinski definition) is 1. The zero-order chi connectivity index (χ0) is 13.7. The molecule has 0 saturated heterocycles. The summed E-state index contributed by atoms with van der Waals surface area (Å²) in [5.41, 5.74) is 3.43. The Labute approximate surface area is 119 Å². The van der Waals surface area contributed by atoms with Crippen molar-refractivity contribution in [3.63, 3.8) is 0 Å². The molecule has 1 N–H and O–H groups in total. The Morgan fingerprint density at radius 3 is 2.53 bits per heavy atom. The molecule has 100 valence electrons. The van der Waals surface area contributed by atoms with Gasteiger partial charge in [-0.05, 0) is 48.9 Å². The lowest BCUT2D eigenvalue weighted by atomic mass is 10.0. The summed E-state index contributed by atoms with van der Waals surface area (Å²) in [7, 11) is 0. The summed E-state index contributed by atoms with van der Waals surface area (Å²) in [4.78, 5) is 0. The Morgan fingerprint density at radius 2 is 1.84 bits per heavy atom. The molecule has 0 fully saturated rings. The first kappa shape index (κ1) is 14.1. The molecular formula is C17H19ClO. The van der Waals surface area contributed by atoms with Gasteiger partial charge in [0.1, 0.15) is 0 Å².